The van der Waals surface area contributed by atoms with E-state index in [1.807, 2.05) is 0 Å². The van der Waals surface area contributed by atoms with Gasteiger partial charge in [0.05, 0.1) is 18.5 Å². The Bertz CT molecular complexity index is 521. The van der Waals surface area contributed by atoms with Crippen LogP contribution in [0.2, 0.25) is 0 Å². The second-order valence-electron chi connectivity index (χ2n) is 3.39. The topological polar surface area (TPSA) is 78.7 Å². The molecule has 1 aliphatic heterocycles. The highest BCUT2D eigenvalue weighted by Gasteiger charge is 2.21. The molecule has 6 heteroatoms. The Morgan fingerprint density at radius 3 is 2.76 bits per heavy atom. The fourth-order valence-electron chi connectivity index (χ4n) is 1.54. The Kier molecular flexibility index (Phi) is 2.78. The second-order valence-corrected chi connectivity index (χ2v) is 3.39. The van der Waals surface area contributed by atoms with Crippen molar-refractivity contribution in [2.24, 2.45) is 0 Å². The van der Waals surface area contributed by atoms with E-state index in [1.54, 1.807) is 12.1 Å². The first-order chi connectivity index (χ1) is 8.11. The van der Waals surface area contributed by atoms with Crippen molar-refractivity contribution in [3.05, 3.63) is 40.0 Å². The van der Waals surface area contributed by atoms with Crippen molar-refractivity contribution in [2.75, 3.05) is 7.11 Å². The SMILES string of the molecule is COc1ccc(C2=CCC(=O)O2)cc1[N+](=O)[O-]. The number of cyclic esters (lactones) is 1. The molecule has 1 aromatic carbocycles. The van der Waals surface area contributed by atoms with Crippen molar-refractivity contribution < 1.29 is 19.2 Å². The van der Waals surface area contributed by atoms with Crippen LogP contribution in [0.4, 0.5) is 5.69 Å². The Labute approximate surface area is 96.6 Å². The first-order valence-corrected chi connectivity index (χ1v) is 4.85. The predicted molar refractivity (Wildman–Crippen MR) is 58.3 cm³/mol. The van der Waals surface area contributed by atoms with Crippen LogP contribution in [0.5, 0.6) is 5.75 Å². The number of ether oxygens (including phenoxy) is 2. The summed E-state index contributed by atoms with van der Waals surface area (Å²) >= 11 is 0. The van der Waals surface area contributed by atoms with Gasteiger partial charge < -0.3 is 9.47 Å². The number of carbonyl (C=O) groups is 1. The summed E-state index contributed by atoms with van der Waals surface area (Å²) in [5.41, 5.74) is 0.331. The van der Waals surface area contributed by atoms with Gasteiger partial charge in [0.25, 0.3) is 0 Å². The summed E-state index contributed by atoms with van der Waals surface area (Å²) in [6.45, 7) is 0. The number of hydrogen-bond donors (Lipinski definition) is 0. The van der Waals surface area contributed by atoms with Crippen LogP contribution in [0.3, 0.4) is 0 Å². The van der Waals surface area contributed by atoms with E-state index >= 15 is 0 Å². The van der Waals surface area contributed by atoms with Crippen LogP contribution in [-0.4, -0.2) is 18.0 Å². The van der Waals surface area contributed by atoms with Crippen LogP contribution in [0.15, 0.2) is 24.3 Å². The summed E-state index contributed by atoms with van der Waals surface area (Å²) in [5, 5.41) is 10.8. The number of hydrogen-bond acceptors (Lipinski definition) is 5. The van der Waals surface area contributed by atoms with E-state index in [2.05, 4.69) is 0 Å². The second kappa shape index (κ2) is 4.25. The summed E-state index contributed by atoms with van der Waals surface area (Å²) < 4.78 is 9.79. The van der Waals surface area contributed by atoms with Gasteiger partial charge in [0.1, 0.15) is 5.76 Å². The van der Waals surface area contributed by atoms with Crippen LogP contribution < -0.4 is 4.74 Å². The Hall–Kier alpha value is -2.37. The van der Waals surface area contributed by atoms with E-state index in [9.17, 15) is 14.9 Å². The Balaban J connectivity index is 2.41. The molecule has 0 unspecified atom stereocenters. The molecule has 0 amide bonds. The zero-order valence-corrected chi connectivity index (χ0v) is 9.00. The molecule has 0 fully saturated rings. The van der Waals surface area contributed by atoms with E-state index in [1.165, 1.54) is 19.2 Å². The van der Waals surface area contributed by atoms with Gasteiger partial charge in [-0.3, -0.25) is 14.9 Å². The van der Waals surface area contributed by atoms with Crippen LogP contribution in [-0.2, 0) is 9.53 Å². The first-order valence-electron chi connectivity index (χ1n) is 4.85. The third kappa shape index (κ3) is 2.10. The number of rotatable bonds is 3. The van der Waals surface area contributed by atoms with Gasteiger partial charge in [0.2, 0.25) is 0 Å². The Morgan fingerprint density at radius 1 is 1.47 bits per heavy atom. The summed E-state index contributed by atoms with van der Waals surface area (Å²) in [5.74, 6) is 0.155. The molecule has 0 radical (unpaired) electrons. The highest BCUT2D eigenvalue weighted by atomic mass is 16.6. The maximum Gasteiger partial charge on any atom is 0.315 e. The van der Waals surface area contributed by atoms with E-state index in [4.69, 9.17) is 9.47 Å². The molecule has 0 bridgehead atoms. The number of carbonyl (C=O) groups excluding carboxylic acids is 1. The van der Waals surface area contributed by atoms with Crippen molar-refractivity contribution in [2.45, 2.75) is 6.42 Å². The number of methoxy groups -OCH3 is 1. The quantitative estimate of drug-likeness (QED) is 0.454. The average molecular weight is 235 g/mol. The zero-order chi connectivity index (χ0) is 12.4. The van der Waals surface area contributed by atoms with Gasteiger partial charge in [-0.2, -0.15) is 0 Å². The van der Waals surface area contributed by atoms with Crippen molar-refractivity contribution in [3.8, 4) is 5.75 Å². The third-order valence-corrected chi connectivity index (χ3v) is 2.34. The Morgan fingerprint density at radius 2 is 2.24 bits per heavy atom. The summed E-state index contributed by atoms with van der Waals surface area (Å²) in [6.07, 6.45) is 1.78. The predicted octanol–water partition coefficient (Wildman–Crippen LogP) is 1.89. The number of nitro benzene ring substituents is 1. The molecule has 1 aliphatic rings. The van der Waals surface area contributed by atoms with E-state index < -0.39 is 4.92 Å². The fraction of sp³-hybridized carbons (Fsp3) is 0.182. The monoisotopic (exact) mass is 235 g/mol. The molecule has 17 heavy (non-hydrogen) atoms. The maximum atomic E-state index is 10.9. The normalized spacial score (nSPS) is 14.2. The molecule has 0 atom stereocenters. The minimum absolute atomic E-state index is 0.158. The van der Waals surface area contributed by atoms with Gasteiger partial charge in [-0.05, 0) is 18.2 Å². The minimum atomic E-state index is -0.542. The van der Waals surface area contributed by atoms with Crippen LogP contribution >= 0.6 is 0 Å². The zero-order valence-electron chi connectivity index (χ0n) is 9.00. The molecular formula is C11H9NO5. The molecule has 6 nitrogen and oxygen atoms in total. The molecule has 1 heterocycles. The largest absolute Gasteiger partial charge is 0.490 e. The van der Waals surface area contributed by atoms with Gasteiger partial charge >= 0.3 is 11.7 Å². The van der Waals surface area contributed by atoms with Crippen molar-refractivity contribution in [3.63, 3.8) is 0 Å². The lowest BCUT2D eigenvalue weighted by Crippen LogP contribution is -1.97. The highest BCUT2D eigenvalue weighted by Crippen LogP contribution is 2.32. The smallest absolute Gasteiger partial charge is 0.315 e. The van der Waals surface area contributed by atoms with Gasteiger partial charge in [0, 0.05) is 11.6 Å². The highest BCUT2D eigenvalue weighted by molar-refractivity contribution is 5.85. The first kappa shape index (κ1) is 11.1. The van der Waals surface area contributed by atoms with E-state index in [0.29, 0.717) is 11.3 Å². The third-order valence-electron chi connectivity index (χ3n) is 2.34. The number of benzene rings is 1. The van der Waals surface area contributed by atoms with E-state index in [0.717, 1.165) is 0 Å². The lowest BCUT2D eigenvalue weighted by molar-refractivity contribution is -0.385. The number of nitrogens with zero attached hydrogens (tertiary/aromatic N) is 1. The molecule has 1 aromatic rings. The lowest BCUT2D eigenvalue weighted by Gasteiger charge is -2.05. The average Bonchev–Trinajstić information content (AvgIpc) is 2.75. The molecule has 0 aliphatic carbocycles. The summed E-state index contributed by atoms with van der Waals surface area (Å²) in [4.78, 5) is 21.2. The summed E-state index contributed by atoms with van der Waals surface area (Å²) in [7, 11) is 1.36. The minimum Gasteiger partial charge on any atom is -0.490 e. The fourth-order valence-corrected chi connectivity index (χ4v) is 1.54. The standard InChI is InChI=1S/C11H9NO5/c1-16-10-3-2-7(6-8(10)12(14)15)9-4-5-11(13)17-9/h2-4,6H,5H2,1H3. The number of nitro groups is 1. The molecular weight excluding hydrogens is 226 g/mol. The van der Waals surface area contributed by atoms with Crippen molar-refractivity contribution in [1.82, 2.24) is 0 Å². The van der Waals surface area contributed by atoms with Gasteiger partial charge in [-0.25, -0.2) is 0 Å². The molecule has 2 rings (SSSR count). The summed E-state index contributed by atoms with van der Waals surface area (Å²) in [6, 6.07) is 4.40. The molecule has 0 saturated carbocycles. The molecule has 88 valence electrons. The molecule has 0 N–H and O–H groups in total. The van der Waals surface area contributed by atoms with Gasteiger partial charge in [-0.15, -0.1) is 0 Å². The lowest BCUT2D eigenvalue weighted by atomic mass is 10.1. The molecule has 0 saturated heterocycles. The number of esters is 1. The van der Waals surface area contributed by atoms with Crippen LogP contribution in [0, 0.1) is 10.1 Å². The van der Waals surface area contributed by atoms with Crippen molar-refractivity contribution in [1.29, 1.82) is 0 Å². The van der Waals surface area contributed by atoms with Crippen molar-refractivity contribution >= 4 is 17.4 Å². The van der Waals surface area contributed by atoms with E-state index in [-0.39, 0.29) is 23.8 Å². The molecule has 0 aromatic heterocycles. The van der Waals surface area contributed by atoms with Gasteiger partial charge in [-0.1, -0.05) is 0 Å². The van der Waals surface area contributed by atoms with Crippen LogP contribution in [0.25, 0.3) is 5.76 Å². The van der Waals surface area contributed by atoms with Gasteiger partial charge in [0.15, 0.2) is 5.75 Å². The maximum absolute atomic E-state index is 10.9. The molecule has 0 spiro atoms. The van der Waals surface area contributed by atoms with Crippen LogP contribution in [0.1, 0.15) is 12.0 Å².